The molecule has 188 valence electrons. The number of hydrogen-bond acceptors (Lipinski definition) is 8. The summed E-state index contributed by atoms with van der Waals surface area (Å²) >= 11 is 1.35. The third-order valence-corrected chi connectivity index (χ3v) is 6.54. The number of aromatic nitrogens is 2. The van der Waals surface area contributed by atoms with Crippen molar-refractivity contribution in [3.8, 4) is 0 Å². The molecule has 2 aromatic rings. The van der Waals surface area contributed by atoms with Crippen LogP contribution in [0, 0.1) is 5.41 Å². The van der Waals surface area contributed by atoms with Crippen molar-refractivity contribution in [3.63, 3.8) is 0 Å². The van der Waals surface area contributed by atoms with Crippen molar-refractivity contribution in [2.45, 2.75) is 40.0 Å². The third kappa shape index (κ3) is 6.77. The molecule has 35 heavy (non-hydrogen) atoms. The second-order valence-electron chi connectivity index (χ2n) is 7.94. The summed E-state index contributed by atoms with van der Waals surface area (Å²) in [7, 11) is 1.57. The number of aryl methyl sites for hydroxylation is 2. The van der Waals surface area contributed by atoms with E-state index in [9.17, 15) is 9.59 Å². The van der Waals surface area contributed by atoms with Crippen molar-refractivity contribution in [2.24, 2.45) is 12.8 Å². The largest absolute Gasteiger partial charge is 0.396 e. The van der Waals surface area contributed by atoms with Gasteiger partial charge in [0.1, 0.15) is 5.82 Å². The molecule has 10 heteroatoms. The number of rotatable bonds is 12. The Hall–Kier alpha value is -3.50. The normalized spacial score (nSPS) is 12.7. The average molecular weight is 499 g/mol. The number of allylic oxidation sites excluding steroid dienone is 6. The zero-order valence-corrected chi connectivity index (χ0v) is 21.5. The van der Waals surface area contributed by atoms with Crippen LogP contribution in [0.1, 0.15) is 48.1 Å². The molecular formula is C25H34N6O3S. The summed E-state index contributed by atoms with van der Waals surface area (Å²) in [5, 5.41) is 28.1. The Kier molecular flexibility index (Phi) is 10.2. The molecule has 0 saturated carbocycles. The fourth-order valence-corrected chi connectivity index (χ4v) is 4.92. The van der Waals surface area contributed by atoms with Gasteiger partial charge in [-0.3, -0.25) is 9.59 Å². The summed E-state index contributed by atoms with van der Waals surface area (Å²) in [6.45, 7) is 9.29. The first-order chi connectivity index (χ1) is 16.7. The van der Waals surface area contributed by atoms with Crippen molar-refractivity contribution in [2.75, 3.05) is 13.2 Å². The summed E-state index contributed by atoms with van der Waals surface area (Å²) < 4.78 is 1.94. The van der Waals surface area contributed by atoms with Crippen LogP contribution in [-0.2, 0) is 19.9 Å². The minimum Gasteiger partial charge on any atom is -0.396 e. The highest BCUT2D eigenvalue weighted by Gasteiger charge is 2.25. The summed E-state index contributed by atoms with van der Waals surface area (Å²) in [6, 6.07) is 0. The Labute approximate surface area is 209 Å². The van der Waals surface area contributed by atoms with E-state index in [-0.39, 0.29) is 31.0 Å². The lowest BCUT2D eigenvalue weighted by Crippen LogP contribution is -2.28. The van der Waals surface area contributed by atoms with Crippen LogP contribution in [0.15, 0.2) is 52.8 Å². The smallest absolute Gasteiger partial charge is 0.276 e. The Morgan fingerprint density at radius 1 is 1.34 bits per heavy atom. The number of nitrogens with two attached hydrogens (primary N) is 1. The monoisotopic (exact) mass is 498 g/mol. The van der Waals surface area contributed by atoms with Crippen LogP contribution in [0.5, 0.6) is 0 Å². The van der Waals surface area contributed by atoms with Crippen molar-refractivity contribution >= 4 is 33.0 Å². The van der Waals surface area contributed by atoms with Crippen molar-refractivity contribution < 1.29 is 9.90 Å². The van der Waals surface area contributed by atoms with Crippen LogP contribution in [0.3, 0.4) is 0 Å². The van der Waals surface area contributed by atoms with Gasteiger partial charge in [0.2, 0.25) is 0 Å². The Balaban J connectivity index is 2.67. The number of carbonyl (C=O) groups is 1. The van der Waals surface area contributed by atoms with Crippen LogP contribution in [-0.4, -0.2) is 39.7 Å². The number of thiophene rings is 1. The third-order valence-electron chi connectivity index (χ3n) is 5.30. The molecule has 0 spiro atoms. The Morgan fingerprint density at radius 3 is 2.66 bits per heavy atom. The summed E-state index contributed by atoms with van der Waals surface area (Å²) in [5.41, 5.74) is 8.38. The molecule has 0 aliphatic rings. The second kappa shape index (κ2) is 12.8. The molecular weight excluding hydrogens is 464 g/mol. The van der Waals surface area contributed by atoms with E-state index in [2.05, 4.69) is 22.3 Å². The maximum atomic E-state index is 13.2. The molecule has 0 unspecified atom stereocenters. The molecule has 2 aromatic heterocycles. The van der Waals surface area contributed by atoms with Crippen LogP contribution in [0.25, 0.3) is 10.1 Å². The number of aliphatic hydroxyl groups is 1. The van der Waals surface area contributed by atoms with Gasteiger partial charge in [0.15, 0.2) is 0 Å². The van der Waals surface area contributed by atoms with Gasteiger partial charge in [-0.25, -0.2) is 4.68 Å². The van der Waals surface area contributed by atoms with Gasteiger partial charge in [-0.05, 0) is 38.3 Å². The molecule has 0 aliphatic carbocycles. The first-order valence-electron chi connectivity index (χ1n) is 11.3. The van der Waals surface area contributed by atoms with Gasteiger partial charge in [0.05, 0.1) is 21.3 Å². The number of nitrogens with zero attached hydrogens (tertiary/aromatic N) is 2. The van der Waals surface area contributed by atoms with E-state index >= 15 is 0 Å². The van der Waals surface area contributed by atoms with Crippen molar-refractivity contribution in [1.82, 2.24) is 20.4 Å². The maximum Gasteiger partial charge on any atom is 0.276 e. The van der Waals surface area contributed by atoms with Crippen molar-refractivity contribution in [1.29, 1.82) is 5.41 Å². The van der Waals surface area contributed by atoms with E-state index in [1.165, 1.54) is 16.0 Å². The SMILES string of the molecule is C=C/C=C\C=C(/N)N/C(C)=C(/Cc1sc2c(CC)nn(C)c(=O)c2c1C(=O)NCCCO)C(C)=N. The number of fused-ring (bicyclic) bond motifs is 1. The van der Waals surface area contributed by atoms with E-state index < -0.39 is 0 Å². The van der Waals surface area contributed by atoms with E-state index in [4.69, 9.17) is 16.2 Å². The molecule has 0 radical (unpaired) electrons. The standard InChI is InChI=1S/C25H34N6O3S/c1-6-8-9-11-20(27)29-16(4)17(15(3)26)14-19-21(24(33)28-12-10-13-32)22-23(35-19)18(7-2)30-31(5)25(22)34/h6,8-9,11,26,29,32H,1,7,10,12-14,27H2,2-5H3,(H,28,33)/b9-8-,17-16-,20-11+,26-15?. The van der Waals surface area contributed by atoms with Gasteiger partial charge >= 0.3 is 0 Å². The minimum atomic E-state index is -0.383. The highest BCUT2D eigenvalue weighted by atomic mass is 32.1. The molecule has 1 amide bonds. The molecule has 0 bridgehead atoms. The summed E-state index contributed by atoms with van der Waals surface area (Å²) in [4.78, 5) is 27.0. The number of nitrogens with one attached hydrogen (secondary N) is 3. The van der Waals surface area contributed by atoms with E-state index in [0.717, 1.165) is 5.69 Å². The van der Waals surface area contributed by atoms with Crippen LogP contribution >= 0.6 is 11.3 Å². The molecule has 0 aliphatic heterocycles. The first-order valence-corrected chi connectivity index (χ1v) is 12.2. The Morgan fingerprint density at radius 2 is 2.06 bits per heavy atom. The number of carbonyl (C=O) groups excluding carboxylic acids is 1. The van der Waals surface area contributed by atoms with Crippen molar-refractivity contribution in [3.05, 3.63) is 74.5 Å². The van der Waals surface area contributed by atoms with E-state index in [0.29, 0.717) is 56.2 Å². The highest BCUT2D eigenvalue weighted by Crippen LogP contribution is 2.33. The molecule has 6 N–H and O–H groups in total. The van der Waals surface area contributed by atoms with Gasteiger partial charge in [-0.1, -0.05) is 31.7 Å². The highest BCUT2D eigenvalue weighted by molar-refractivity contribution is 7.19. The van der Waals surface area contributed by atoms with E-state index in [1.807, 2.05) is 13.8 Å². The Bertz CT molecular complexity index is 1270. The molecule has 2 rings (SSSR count). The molecule has 0 atom stereocenters. The number of aliphatic hydroxyl groups excluding tert-OH is 1. The zero-order valence-electron chi connectivity index (χ0n) is 20.7. The average Bonchev–Trinajstić information content (AvgIpc) is 3.19. The van der Waals surface area contributed by atoms with Crippen LogP contribution in [0.2, 0.25) is 0 Å². The van der Waals surface area contributed by atoms with Crippen LogP contribution < -0.4 is 21.9 Å². The molecule has 0 aromatic carbocycles. The lowest BCUT2D eigenvalue weighted by molar-refractivity contribution is 0.0952. The summed E-state index contributed by atoms with van der Waals surface area (Å²) in [6.07, 6.45) is 8.08. The fourth-order valence-electron chi connectivity index (χ4n) is 3.56. The molecule has 0 saturated heterocycles. The van der Waals surface area contributed by atoms with Gasteiger partial charge in [-0.15, -0.1) is 11.3 Å². The lowest BCUT2D eigenvalue weighted by Gasteiger charge is -2.14. The van der Waals surface area contributed by atoms with Gasteiger partial charge in [0.25, 0.3) is 11.5 Å². The maximum absolute atomic E-state index is 13.2. The molecule has 2 heterocycles. The van der Waals surface area contributed by atoms with Gasteiger partial charge < -0.3 is 26.9 Å². The second-order valence-corrected chi connectivity index (χ2v) is 9.04. The van der Waals surface area contributed by atoms with E-state index in [1.54, 1.807) is 38.3 Å². The first kappa shape index (κ1) is 27.7. The fraction of sp³-hybridized carbons (Fsp3) is 0.360. The van der Waals surface area contributed by atoms with Gasteiger partial charge in [-0.2, -0.15) is 5.10 Å². The number of hydrogen-bond donors (Lipinski definition) is 5. The predicted molar refractivity (Wildman–Crippen MR) is 143 cm³/mol. The minimum absolute atomic E-state index is 0.0507. The molecule has 0 fully saturated rings. The predicted octanol–water partition coefficient (Wildman–Crippen LogP) is 2.66. The van der Waals surface area contributed by atoms with Gasteiger partial charge in [0, 0.05) is 42.9 Å². The quantitative estimate of drug-likeness (QED) is 0.173. The van der Waals surface area contributed by atoms with Crippen LogP contribution in [0.4, 0.5) is 0 Å². The zero-order chi connectivity index (χ0) is 26.1. The molecule has 9 nitrogen and oxygen atoms in total. The number of amides is 1. The summed E-state index contributed by atoms with van der Waals surface area (Å²) in [5.74, 6) is 0.00983. The lowest BCUT2D eigenvalue weighted by atomic mass is 10.0. The topological polar surface area (TPSA) is 146 Å².